The van der Waals surface area contributed by atoms with E-state index < -0.39 is 0 Å². The molecule has 0 fully saturated rings. The van der Waals surface area contributed by atoms with Crippen LogP contribution in [0.25, 0.3) is 0 Å². The van der Waals surface area contributed by atoms with Gasteiger partial charge in [0.25, 0.3) is 0 Å². The Balaban J connectivity index is 2.65. The Morgan fingerprint density at radius 2 is 1.92 bits per heavy atom. The molecule has 0 aliphatic carbocycles. The van der Waals surface area contributed by atoms with E-state index in [2.05, 4.69) is 21.2 Å². The molecule has 0 spiro atoms. The van der Waals surface area contributed by atoms with Crippen molar-refractivity contribution < 1.29 is 4.79 Å². The van der Waals surface area contributed by atoms with Crippen LogP contribution in [-0.2, 0) is 4.79 Å². The lowest BCUT2D eigenvalue weighted by Crippen LogP contribution is -2.19. The van der Waals surface area contributed by atoms with Crippen LogP contribution in [0.15, 0.2) is 24.3 Å². The molecule has 3 heteroatoms. The van der Waals surface area contributed by atoms with Gasteiger partial charge in [0.2, 0.25) is 5.91 Å². The van der Waals surface area contributed by atoms with E-state index in [-0.39, 0.29) is 10.7 Å². The van der Waals surface area contributed by atoms with Crippen LogP contribution >= 0.6 is 15.9 Å². The first-order valence-corrected chi connectivity index (χ1v) is 5.03. The fraction of sp³-hybridized carbons (Fsp3) is 0.300. The van der Waals surface area contributed by atoms with Crippen LogP contribution in [0.5, 0.6) is 0 Å². The molecule has 2 nitrogen and oxygen atoms in total. The third-order valence-corrected chi connectivity index (χ3v) is 2.10. The normalized spacial score (nSPS) is 12.2. The first-order valence-electron chi connectivity index (χ1n) is 4.11. The zero-order chi connectivity index (χ0) is 9.84. The summed E-state index contributed by atoms with van der Waals surface area (Å²) in [5.74, 6) is -0.0242. The van der Waals surface area contributed by atoms with Crippen molar-refractivity contribution in [3.05, 3.63) is 29.8 Å². The number of hydrogen-bond donors (Lipinski definition) is 1. The summed E-state index contributed by atoms with van der Waals surface area (Å²) in [6, 6.07) is 7.72. The lowest BCUT2D eigenvalue weighted by Gasteiger charge is -2.06. The summed E-state index contributed by atoms with van der Waals surface area (Å²) in [5, 5.41) is 2.78. The van der Waals surface area contributed by atoms with Crippen LogP contribution in [-0.4, -0.2) is 10.7 Å². The zero-order valence-corrected chi connectivity index (χ0v) is 9.26. The number of carbonyl (C=O) groups is 1. The standard InChI is InChI=1S/C10H12BrNO/c1-7-3-5-9(6-4-7)12-10(13)8(2)11/h3-6,8H,1-2H3,(H,12,13)/t8-/m1/s1. The number of benzene rings is 1. The predicted molar refractivity (Wildman–Crippen MR) is 58.2 cm³/mol. The Bertz CT molecular complexity index is 292. The van der Waals surface area contributed by atoms with E-state index in [9.17, 15) is 4.79 Å². The Kier molecular flexibility index (Phi) is 3.48. The molecule has 13 heavy (non-hydrogen) atoms. The molecule has 1 aromatic rings. The summed E-state index contributed by atoms with van der Waals surface area (Å²) in [6.45, 7) is 3.81. The molecular formula is C10H12BrNO. The molecule has 0 unspecified atom stereocenters. The maximum atomic E-state index is 11.2. The molecular weight excluding hydrogens is 230 g/mol. The molecule has 0 saturated carbocycles. The molecule has 1 amide bonds. The number of carbonyl (C=O) groups excluding carboxylic acids is 1. The van der Waals surface area contributed by atoms with Gasteiger partial charge in [-0.15, -0.1) is 0 Å². The lowest BCUT2D eigenvalue weighted by atomic mass is 10.2. The lowest BCUT2D eigenvalue weighted by molar-refractivity contribution is -0.115. The van der Waals surface area contributed by atoms with Crippen LogP contribution in [0.3, 0.4) is 0 Å². The fourth-order valence-corrected chi connectivity index (χ4v) is 0.993. The van der Waals surface area contributed by atoms with Gasteiger partial charge in [-0.25, -0.2) is 0 Å². The largest absolute Gasteiger partial charge is 0.325 e. The summed E-state index contributed by atoms with van der Waals surface area (Å²) in [4.78, 5) is 11.1. The highest BCUT2D eigenvalue weighted by Crippen LogP contribution is 2.10. The Labute approximate surface area is 86.5 Å². The van der Waals surface area contributed by atoms with E-state index in [1.807, 2.05) is 31.2 Å². The quantitative estimate of drug-likeness (QED) is 0.793. The van der Waals surface area contributed by atoms with Gasteiger partial charge in [-0.05, 0) is 26.0 Å². The average molecular weight is 242 g/mol. The minimum atomic E-state index is -0.159. The van der Waals surface area contributed by atoms with Crippen LogP contribution in [0.1, 0.15) is 12.5 Å². The van der Waals surface area contributed by atoms with Crippen molar-refractivity contribution in [2.45, 2.75) is 18.7 Å². The molecule has 0 heterocycles. The number of nitrogens with one attached hydrogen (secondary N) is 1. The van der Waals surface area contributed by atoms with Crippen LogP contribution in [0, 0.1) is 6.92 Å². The number of anilines is 1. The minimum absolute atomic E-state index is 0.0242. The van der Waals surface area contributed by atoms with Gasteiger partial charge in [-0.2, -0.15) is 0 Å². The number of halogens is 1. The molecule has 70 valence electrons. The Morgan fingerprint density at radius 3 is 2.38 bits per heavy atom. The molecule has 1 atom stereocenters. The Morgan fingerprint density at radius 1 is 1.38 bits per heavy atom. The third-order valence-electron chi connectivity index (χ3n) is 1.68. The van der Waals surface area contributed by atoms with E-state index in [4.69, 9.17) is 0 Å². The van der Waals surface area contributed by atoms with Gasteiger partial charge >= 0.3 is 0 Å². The van der Waals surface area contributed by atoms with E-state index in [1.54, 1.807) is 6.92 Å². The van der Waals surface area contributed by atoms with Crippen molar-refractivity contribution in [3.8, 4) is 0 Å². The monoisotopic (exact) mass is 241 g/mol. The highest BCUT2D eigenvalue weighted by Gasteiger charge is 2.07. The molecule has 1 rings (SSSR count). The van der Waals surface area contributed by atoms with Crippen molar-refractivity contribution in [2.75, 3.05) is 5.32 Å². The average Bonchev–Trinajstić information content (AvgIpc) is 2.08. The Hall–Kier alpha value is -0.830. The fourth-order valence-electron chi connectivity index (χ4n) is 0.879. The maximum absolute atomic E-state index is 11.2. The van der Waals surface area contributed by atoms with Gasteiger partial charge in [-0.3, -0.25) is 4.79 Å². The first-order chi connectivity index (χ1) is 6.09. The smallest absolute Gasteiger partial charge is 0.237 e. The third kappa shape index (κ3) is 3.19. The molecule has 0 radical (unpaired) electrons. The maximum Gasteiger partial charge on any atom is 0.237 e. The van der Waals surface area contributed by atoms with Crippen molar-refractivity contribution >= 4 is 27.5 Å². The molecule has 0 bridgehead atoms. The van der Waals surface area contributed by atoms with Crippen LogP contribution in [0.2, 0.25) is 0 Å². The molecule has 0 aliphatic rings. The van der Waals surface area contributed by atoms with Gasteiger partial charge in [0.05, 0.1) is 4.83 Å². The second kappa shape index (κ2) is 4.42. The van der Waals surface area contributed by atoms with Crippen LogP contribution < -0.4 is 5.32 Å². The number of alkyl halides is 1. The second-order valence-electron chi connectivity index (χ2n) is 2.97. The second-order valence-corrected chi connectivity index (χ2v) is 4.34. The summed E-state index contributed by atoms with van der Waals surface area (Å²) >= 11 is 3.20. The minimum Gasteiger partial charge on any atom is -0.325 e. The van der Waals surface area contributed by atoms with Gasteiger partial charge in [-0.1, -0.05) is 33.6 Å². The van der Waals surface area contributed by atoms with Crippen molar-refractivity contribution in [1.82, 2.24) is 0 Å². The number of hydrogen-bond acceptors (Lipinski definition) is 1. The van der Waals surface area contributed by atoms with Crippen molar-refractivity contribution in [3.63, 3.8) is 0 Å². The highest BCUT2D eigenvalue weighted by atomic mass is 79.9. The number of aryl methyl sites for hydroxylation is 1. The molecule has 0 saturated heterocycles. The molecule has 0 aromatic heterocycles. The highest BCUT2D eigenvalue weighted by molar-refractivity contribution is 9.10. The summed E-state index contributed by atoms with van der Waals surface area (Å²) in [6.07, 6.45) is 0. The van der Waals surface area contributed by atoms with E-state index in [0.29, 0.717) is 0 Å². The van der Waals surface area contributed by atoms with Crippen LogP contribution in [0.4, 0.5) is 5.69 Å². The van der Waals surface area contributed by atoms with Gasteiger partial charge in [0.15, 0.2) is 0 Å². The topological polar surface area (TPSA) is 29.1 Å². The van der Waals surface area contributed by atoms with Gasteiger partial charge < -0.3 is 5.32 Å². The zero-order valence-electron chi connectivity index (χ0n) is 7.67. The van der Waals surface area contributed by atoms with Crippen molar-refractivity contribution in [2.24, 2.45) is 0 Å². The van der Waals surface area contributed by atoms with Gasteiger partial charge in [0.1, 0.15) is 0 Å². The van der Waals surface area contributed by atoms with Gasteiger partial charge in [0, 0.05) is 5.69 Å². The first kappa shape index (κ1) is 10.3. The SMILES string of the molecule is Cc1ccc(NC(=O)[C@@H](C)Br)cc1. The summed E-state index contributed by atoms with van der Waals surface area (Å²) in [5.41, 5.74) is 2.02. The number of rotatable bonds is 2. The summed E-state index contributed by atoms with van der Waals surface area (Å²) < 4.78 is 0. The predicted octanol–water partition coefficient (Wildman–Crippen LogP) is 2.72. The van der Waals surface area contributed by atoms with E-state index in [1.165, 1.54) is 5.56 Å². The molecule has 0 aliphatic heterocycles. The van der Waals surface area contributed by atoms with E-state index in [0.717, 1.165) is 5.69 Å². The number of amides is 1. The molecule has 1 N–H and O–H groups in total. The van der Waals surface area contributed by atoms with Crippen molar-refractivity contribution in [1.29, 1.82) is 0 Å². The molecule has 1 aromatic carbocycles. The summed E-state index contributed by atoms with van der Waals surface area (Å²) in [7, 11) is 0. The van der Waals surface area contributed by atoms with E-state index >= 15 is 0 Å².